The number of aryl methyl sites for hydroxylation is 1. The predicted molar refractivity (Wildman–Crippen MR) is 106 cm³/mol. The van der Waals surface area contributed by atoms with Crippen LogP contribution < -0.4 is 0 Å². The van der Waals surface area contributed by atoms with Crippen LogP contribution in [0.5, 0.6) is 0 Å². The summed E-state index contributed by atoms with van der Waals surface area (Å²) >= 11 is 19.3. The van der Waals surface area contributed by atoms with Crippen LogP contribution in [0.2, 0.25) is 5.02 Å². The highest BCUT2D eigenvalue weighted by molar-refractivity contribution is 6.31. The molecule has 7 heteroatoms. The highest BCUT2D eigenvalue weighted by Crippen LogP contribution is 2.42. The van der Waals surface area contributed by atoms with Crippen LogP contribution in [0.3, 0.4) is 0 Å². The van der Waals surface area contributed by atoms with Crippen LogP contribution in [0, 0.1) is 11.8 Å². The molecule has 0 spiro atoms. The SMILES string of the molecule is O=C(O)c1ccc(COC[C@H]2C(Cl)CC(Cl)[C@@H]2CCc2ccccc2Cl)o1. The highest BCUT2D eigenvalue weighted by Gasteiger charge is 2.41. The smallest absolute Gasteiger partial charge is 0.371 e. The molecule has 1 saturated carbocycles. The van der Waals surface area contributed by atoms with E-state index < -0.39 is 5.97 Å². The Balaban J connectivity index is 1.55. The summed E-state index contributed by atoms with van der Waals surface area (Å²) in [5.41, 5.74) is 1.11. The summed E-state index contributed by atoms with van der Waals surface area (Å²) in [7, 11) is 0. The Labute approximate surface area is 173 Å². The first-order valence-corrected chi connectivity index (χ1v) is 10.1. The van der Waals surface area contributed by atoms with E-state index in [1.807, 2.05) is 24.3 Å². The van der Waals surface area contributed by atoms with Crippen LogP contribution in [0.4, 0.5) is 0 Å². The lowest BCUT2D eigenvalue weighted by molar-refractivity contribution is 0.0580. The standard InChI is InChI=1S/C20H21Cl3O4/c21-16-4-2-1-3-12(16)5-7-14-15(18(23)9-17(14)22)11-26-10-13-6-8-19(27-13)20(24)25/h1-4,6,8,14-15,17-18H,5,7,9-11H2,(H,24,25)/t14-,15-,17?,18?/m1/s1. The molecule has 2 unspecified atom stereocenters. The molecule has 0 aliphatic heterocycles. The number of carboxylic acid groups (broad SMARTS) is 1. The Morgan fingerprint density at radius 1 is 1.15 bits per heavy atom. The van der Waals surface area contributed by atoms with E-state index in [9.17, 15) is 4.79 Å². The third-order valence-electron chi connectivity index (χ3n) is 5.06. The fourth-order valence-electron chi connectivity index (χ4n) is 3.61. The summed E-state index contributed by atoms with van der Waals surface area (Å²) < 4.78 is 11.0. The number of alkyl halides is 2. The molecule has 1 heterocycles. The van der Waals surface area contributed by atoms with Gasteiger partial charge in [0.15, 0.2) is 0 Å². The molecular formula is C20H21Cl3O4. The maximum Gasteiger partial charge on any atom is 0.371 e. The molecule has 1 aliphatic carbocycles. The summed E-state index contributed by atoms with van der Waals surface area (Å²) in [6.07, 6.45) is 2.47. The van der Waals surface area contributed by atoms with Crippen molar-refractivity contribution in [1.29, 1.82) is 0 Å². The summed E-state index contributed by atoms with van der Waals surface area (Å²) in [6.45, 7) is 0.658. The van der Waals surface area contributed by atoms with Crippen molar-refractivity contribution in [2.45, 2.75) is 36.6 Å². The normalized spacial score (nSPS) is 25.0. The summed E-state index contributed by atoms with van der Waals surface area (Å²) in [5.74, 6) is -0.348. The Morgan fingerprint density at radius 3 is 2.59 bits per heavy atom. The van der Waals surface area contributed by atoms with Crippen molar-refractivity contribution >= 4 is 40.8 Å². The van der Waals surface area contributed by atoms with Crippen molar-refractivity contribution in [3.8, 4) is 0 Å². The number of carboxylic acids is 1. The van der Waals surface area contributed by atoms with E-state index in [1.165, 1.54) is 6.07 Å². The molecule has 1 N–H and O–H groups in total. The van der Waals surface area contributed by atoms with Gasteiger partial charge in [0, 0.05) is 21.7 Å². The molecule has 4 nitrogen and oxygen atoms in total. The summed E-state index contributed by atoms with van der Waals surface area (Å²) in [5, 5.41) is 9.62. The number of hydrogen-bond donors (Lipinski definition) is 1. The topological polar surface area (TPSA) is 59.7 Å². The van der Waals surface area contributed by atoms with Crippen LogP contribution >= 0.6 is 34.8 Å². The van der Waals surface area contributed by atoms with Gasteiger partial charge < -0.3 is 14.3 Å². The van der Waals surface area contributed by atoms with E-state index in [1.54, 1.807) is 6.07 Å². The number of benzene rings is 1. The van der Waals surface area contributed by atoms with Gasteiger partial charge in [-0.2, -0.15) is 0 Å². The lowest BCUT2D eigenvalue weighted by atomic mass is 9.90. The molecule has 146 valence electrons. The van der Waals surface area contributed by atoms with E-state index in [4.69, 9.17) is 49.1 Å². The van der Waals surface area contributed by atoms with Gasteiger partial charge in [0.2, 0.25) is 5.76 Å². The fraction of sp³-hybridized carbons (Fsp3) is 0.450. The Hall–Kier alpha value is -1.20. The molecule has 4 atom stereocenters. The van der Waals surface area contributed by atoms with Crippen molar-refractivity contribution in [2.75, 3.05) is 6.61 Å². The van der Waals surface area contributed by atoms with E-state index >= 15 is 0 Å². The first-order valence-electron chi connectivity index (χ1n) is 8.87. The molecule has 27 heavy (non-hydrogen) atoms. The van der Waals surface area contributed by atoms with Gasteiger partial charge in [-0.05, 0) is 48.9 Å². The van der Waals surface area contributed by atoms with Gasteiger partial charge in [0.25, 0.3) is 0 Å². The molecular weight excluding hydrogens is 411 g/mol. The predicted octanol–water partition coefficient (Wildman–Crippen LogP) is 5.63. The van der Waals surface area contributed by atoms with Gasteiger partial charge in [-0.25, -0.2) is 4.79 Å². The highest BCUT2D eigenvalue weighted by atomic mass is 35.5. The van der Waals surface area contributed by atoms with Crippen LogP contribution in [-0.2, 0) is 17.8 Å². The first kappa shape index (κ1) is 20.5. The third kappa shape index (κ3) is 5.20. The summed E-state index contributed by atoms with van der Waals surface area (Å²) in [6, 6.07) is 10.8. The Kier molecular flexibility index (Phi) is 7.10. The van der Waals surface area contributed by atoms with Crippen molar-refractivity contribution in [3.63, 3.8) is 0 Å². The molecule has 3 rings (SSSR count). The van der Waals surface area contributed by atoms with Crippen molar-refractivity contribution in [1.82, 2.24) is 0 Å². The van der Waals surface area contributed by atoms with Crippen LogP contribution in [0.25, 0.3) is 0 Å². The first-order chi connectivity index (χ1) is 13.0. The maximum atomic E-state index is 10.9. The number of rotatable bonds is 8. The molecule has 1 aliphatic rings. The summed E-state index contributed by atoms with van der Waals surface area (Å²) in [4.78, 5) is 10.9. The number of ether oxygens (including phenoxy) is 1. The minimum atomic E-state index is -1.09. The zero-order valence-corrected chi connectivity index (χ0v) is 16.9. The number of carbonyl (C=O) groups is 1. The van der Waals surface area contributed by atoms with Crippen molar-refractivity contribution in [3.05, 3.63) is 58.5 Å². The molecule has 0 radical (unpaired) electrons. The molecule has 1 aromatic carbocycles. The number of hydrogen-bond acceptors (Lipinski definition) is 3. The Bertz CT molecular complexity index is 776. The molecule has 0 bridgehead atoms. The number of aromatic carboxylic acids is 1. The second-order valence-corrected chi connectivity index (χ2v) is 8.34. The lowest BCUT2D eigenvalue weighted by Gasteiger charge is -2.23. The van der Waals surface area contributed by atoms with Gasteiger partial charge in [-0.1, -0.05) is 29.8 Å². The minimum Gasteiger partial charge on any atom is -0.475 e. The van der Waals surface area contributed by atoms with E-state index in [0.29, 0.717) is 12.4 Å². The minimum absolute atomic E-state index is 0.00538. The average molecular weight is 432 g/mol. The van der Waals surface area contributed by atoms with E-state index in [0.717, 1.165) is 29.8 Å². The van der Waals surface area contributed by atoms with Crippen LogP contribution in [0.15, 0.2) is 40.8 Å². The van der Waals surface area contributed by atoms with Gasteiger partial charge in [-0.15, -0.1) is 23.2 Å². The largest absolute Gasteiger partial charge is 0.475 e. The Morgan fingerprint density at radius 2 is 1.89 bits per heavy atom. The molecule has 0 saturated heterocycles. The van der Waals surface area contributed by atoms with Gasteiger partial charge in [-0.3, -0.25) is 0 Å². The second-order valence-electron chi connectivity index (χ2n) is 6.81. The van der Waals surface area contributed by atoms with E-state index in [2.05, 4.69) is 0 Å². The van der Waals surface area contributed by atoms with Crippen molar-refractivity contribution in [2.24, 2.45) is 11.8 Å². The molecule has 1 fully saturated rings. The third-order valence-corrected chi connectivity index (χ3v) is 6.43. The monoisotopic (exact) mass is 430 g/mol. The number of halogens is 3. The quantitative estimate of drug-likeness (QED) is 0.550. The van der Waals surface area contributed by atoms with Gasteiger partial charge in [0.05, 0.1) is 6.61 Å². The zero-order chi connectivity index (χ0) is 19.4. The lowest BCUT2D eigenvalue weighted by Crippen LogP contribution is -2.24. The second kappa shape index (κ2) is 9.33. The van der Waals surface area contributed by atoms with Crippen molar-refractivity contribution < 1.29 is 19.1 Å². The maximum absolute atomic E-state index is 10.9. The number of furan rings is 1. The van der Waals surface area contributed by atoms with E-state index in [-0.39, 0.29) is 35.0 Å². The zero-order valence-electron chi connectivity index (χ0n) is 14.6. The molecule has 1 aromatic heterocycles. The molecule has 2 aromatic rings. The van der Waals surface area contributed by atoms with Gasteiger partial charge in [0.1, 0.15) is 12.4 Å². The van der Waals surface area contributed by atoms with Gasteiger partial charge >= 0.3 is 5.97 Å². The van der Waals surface area contributed by atoms with Crippen LogP contribution in [0.1, 0.15) is 34.7 Å². The molecule has 0 amide bonds. The van der Waals surface area contributed by atoms with Crippen LogP contribution in [-0.4, -0.2) is 28.4 Å². The average Bonchev–Trinajstić information content (AvgIpc) is 3.20. The fourth-order valence-corrected chi connectivity index (χ4v) is 4.89.